The molecule has 0 aliphatic rings. The third-order valence-electron chi connectivity index (χ3n) is 1.85. The zero-order valence-corrected chi connectivity index (χ0v) is 10.0. The molecule has 0 fully saturated rings. The highest BCUT2D eigenvalue weighted by atomic mass is 35.5. The van der Waals surface area contributed by atoms with E-state index >= 15 is 0 Å². The fourth-order valence-electron chi connectivity index (χ4n) is 1.13. The molecule has 0 unspecified atom stereocenters. The molecular formula is C10H8Cl2N4O. The molecule has 1 heterocycles. The van der Waals surface area contributed by atoms with Gasteiger partial charge >= 0.3 is 0 Å². The minimum Gasteiger partial charge on any atom is -0.437 e. The van der Waals surface area contributed by atoms with E-state index in [1.54, 1.807) is 24.3 Å². The number of nitrogen functional groups attached to an aromatic ring is 1. The van der Waals surface area contributed by atoms with Gasteiger partial charge in [-0.15, -0.1) is 0 Å². The minimum absolute atomic E-state index is 0.205. The van der Waals surface area contributed by atoms with Crippen molar-refractivity contribution in [1.29, 1.82) is 0 Å². The van der Waals surface area contributed by atoms with Gasteiger partial charge in [0.25, 0.3) is 0 Å². The highest BCUT2D eigenvalue weighted by Gasteiger charge is 2.07. The molecule has 5 nitrogen and oxygen atoms in total. The maximum Gasteiger partial charge on any atom is 0.243 e. The van der Waals surface area contributed by atoms with E-state index in [0.29, 0.717) is 10.8 Å². The Bertz CT molecular complexity index is 535. The van der Waals surface area contributed by atoms with E-state index in [-0.39, 0.29) is 16.9 Å². The molecule has 88 valence electrons. The van der Waals surface area contributed by atoms with Crippen molar-refractivity contribution >= 4 is 29.2 Å². The average Bonchev–Trinajstić information content (AvgIpc) is 2.32. The Morgan fingerprint density at radius 1 is 1.29 bits per heavy atom. The van der Waals surface area contributed by atoms with E-state index < -0.39 is 0 Å². The van der Waals surface area contributed by atoms with E-state index in [1.165, 1.54) is 6.20 Å². The van der Waals surface area contributed by atoms with Gasteiger partial charge < -0.3 is 4.74 Å². The second-order valence-electron chi connectivity index (χ2n) is 3.05. The standard InChI is InChI=1S/C10H8Cl2N4O/c11-6-2-1-3-7(4-6)17-9-8(12)5-14-10(15-9)16-13/h1-5H,13H2,(H,14,15,16). The van der Waals surface area contributed by atoms with E-state index in [4.69, 9.17) is 33.8 Å². The zero-order valence-electron chi connectivity index (χ0n) is 8.52. The van der Waals surface area contributed by atoms with E-state index in [1.807, 2.05) is 0 Å². The molecular weight excluding hydrogens is 263 g/mol. The zero-order chi connectivity index (χ0) is 12.3. The maximum absolute atomic E-state index is 5.89. The molecule has 0 atom stereocenters. The molecule has 17 heavy (non-hydrogen) atoms. The number of hydrazine groups is 1. The number of hydrogen-bond donors (Lipinski definition) is 2. The summed E-state index contributed by atoms with van der Waals surface area (Å²) in [6, 6.07) is 6.88. The summed E-state index contributed by atoms with van der Waals surface area (Å²) < 4.78 is 5.47. The van der Waals surface area contributed by atoms with Crippen LogP contribution in [0.1, 0.15) is 0 Å². The Labute approximate surface area is 108 Å². The summed E-state index contributed by atoms with van der Waals surface area (Å²) in [6.45, 7) is 0. The quantitative estimate of drug-likeness (QED) is 0.663. The van der Waals surface area contributed by atoms with Crippen molar-refractivity contribution < 1.29 is 4.74 Å². The van der Waals surface area contributed by atoms with Gasteiger partial charge in [0.05, 0.1) is 6.20 Å². The lowest BCUT2D eigenvalue weighted by molar-refractivity contribution is 0.462. The molecule has 0 aliphatic heterocycles. The third kappa shape index (κ3) is 2.97. The molecule has 0 radical (unpaired) electrons. The van der Waals surface area contributed by atoms with Gasteiger partial charge in [0, 0.05) is 5.02 Å². The van der Waals surface area contributed by atoms with Crippen LogP contribution in [0.3, 0.4) is 0 Å². The molecule has 3 N–H and O–H groups in total. The van der Waals surface area contributed by atoms with Crippen LogP contribution in [0.15, 0.2) is 30.5 Å². The summed E-state index contributed by atoms with van der Waals surface area (Å²) in [6.07, 6.45) is 1.39. The van der Waals surface area contributed by atoms with Gasteiger partial charge in [0.2, 0.25) is 11.8 Å². The lowest BCUT2D eigenvalue weighted by Gasteiger charge is -2.07. The number of nitrogens with zero attached hydrogens (tertiary/aromatic N) is 2. The first-order valence-corrected chi connectivity index (χ1v) is 5.37. The van der Waals surface area contributed by atoms with Crippen molar-refractivity contribution in [3.63, 3.8) is 0 Å². The highest BCUT2D eigenvalue weighted by Crippen LogP contribution is 2.28. The van der Waals surface area contributed by atoms with Crippen molar-refractivity contribution in [2.24, 2.45) is 5.84 Å². The Kier molecular flexibility index (Phi) is 3.63. The van der Waals surface area contributed by atoms with Crippen LogP contribution >= 0.6 is 23.2 Å². The first kappa shape index (κ1) is 11.9. The van der Waals surface area contributed by atoms with Gasteiger partial charge in [-0.3, -0.25) is 5.43 Å². The van der Waals surface area contributed by atoms with Gasteiger partial charge in [-0.2, -0.15) is 4.98 Å². The van der Waals surface area contributed by atoms with Crippen molar-refractivity contribution in [2.45, 2.75) is 0 Å². The van der Waals surface area contributed by atoms with Crippen molar-refractivity contribution in [1.82, 2.24) is 9.97 Å². The topological polar surface area (TPSA) is 73.1 Å². The second-order valence-corrected chi connectivity index (χ2v) is 3.89. The number of rotatable bonds is 3. The van der Waals surface area contributed by atoms with Crippen molar-refractivity contribution in [3.8, 4) is 11.6 Å². The highest BCUT2D eigenvalue weighted by molar-refractivity contribution is 6.31. The average molecular weight is 271 g/mol. The SMILES string of the molecule is NNc1ncc(Cl)c(Oc2cccc(Cl)c2)n1. The van der Waals surface area contributed by atoms with Crippen LogP contribution in [0, 0.1) is 0 Å². The first-order chi connectivity index (χ1) is 8.19. The fourth-order valence-corrected chi connectivity index (χ4v) is 1.44. The number of anilines is 1. The van der Waals surface area contributed by atoms with E-state index in [9.17, 15) is 0 Å². The monoisotopic (exact) mass is 270 g/mol. The predicted molar refractivity (Wildman–Crippen MR) is 66.4 cm³/mol. The van der Waals surface area contributed by atoms with Gasteiger partial charge in [-0.05, 0) is 18.2 Å². The van der Waals surface area contributed by atoms with Gasteiger partial charge in [0.1, 0.15) is 10.8 Å². The predicted octanol–water partition coefficient (Wildman–Crippen LogP) is 2.86. The summed E-state index contributed by atoms with van der Waals surface area (Å²) >= 11 is 11.7. The van der Waals surface area contributed by atoms with E-state index in [2.05, 4.69) is 15.4 Å². The molecule has 0 bridgehead atoms. The number of halogens is 2. The van der Waals surface area contributed by atoms with Gasteiger partial charge in [-0.25, -0.2) is 10.8 Å². The lowest BCUT2D eigenvalue weighted by Crippen LogP contribution is -2.10. The second kappa shape index (κ2) is 5.18. The van der Waals surface area contributed by atoms with Gasteiger partial charge in [-0.1, -0.05) is 29.3 Å². The third-order valence-corrected chi connectivity index (χ3v) is 2.35. The number of hydrogen-bond acceptors (Lipinski definition) is 5. The number of nitrogens with two attached hydrogens (primary N) is 1. The van der Waals surface area contributed by atoms with Crippen LogP contribution in [-0.2, 0) is 0 Å². The van der Waals surface area contributed by atoms with Crippen molar-refractivity contribution in [2.75, 3.05) is 5.43 Å². The lowest BCUT2D eigenvalue weighted by atomic mass is 10.3. The first-order valence-electron chi connectivity index (χ1n) is 4.61. The molecule has 7 heteroatoms. The molecule has 2 aromatic rings. The summed E-state index contributed by atoms with van der Waals surface area (Å²) in [7, 11) is 0. The Hall–Kier alpha value is -1.56. The largest absolute Gasteiger partial charge is 0.437 e. The Morgan fingerprint density at radius 3 is 2.82 bits per heavy atom. The molecule has 1 aromatic carbocycles. The molecule has 0 amide bonds. The smallest absolute Gasteiger partial charge is 0.243 e. The van der Waals surface area contributed by atoms with Crippen LogP contribution in [0.4, 0.5) is 5.95 Å². The number of nitrogens with one attached hydrogen (secondary N) is 1. The van der Waals surface area contributed by atoms with E-state index in [0.717, 1.165) is 0 Å². The molecule has 2 rings (SSSR count). The number of aromatic nitrogens is 2. The molecule has 0 spiro atoms. The molecule has 1 aromatic heterocycles. The summed E-state index contributed by atoms with van der Waals surface area (Å²) in [5.41, 5.74) is 2.30. The van der Waals surface area contributed by atoms with Crippen LogP contribution in [0.25, 0.3) is 0 Å². The maximum atomic E-state index is 5.89. The van der Waals surface area contributed by atoms with Crippen LogP contribution < -0.4 is 16.0 Å². The number of ether oxygens (including phenoxy) is 1. The molecule has 0 saturated carbocycles. The number of benzene rings is 1. The summed E-state index contributed by atoms with van der Waals surface area (Å²) in [5, 5.41) is 0.842. The van der Waals surface area contributed by atoms with Crippen molar-refractivity contribution in [3.05, 3.63) is 40.5 Å². The summed E-state index contributed by atoms with van der Waals surface area (Å²) in [5.74, 6) is 6.14. The molecule has 0 aliphatic carbocycles. The van der Waals surface area contributed by atoms with Gasteiger partial charge in [0.15, 0.2) is 0 Å². The van der Waals surface area contributed by atoms with Crippen LogP contribution in [-0.4, -0.2) is 9.97 Å². The Morgan fingerprint density at radius 2 is 2.12 bits per heavy atom. The van der Waals surface area contributed by atoms with Crippen LogP contribution in [0.5, 0.6) is 11.6 Å². The molecule has 0 saturated heterocycles. The Balaban J connectivity index is 2.29. The fraction of sp³-hybridized carbons (Fsp3) is 0. The van der Waals surface area contributed by atoms with Crippen LogP contribution in [0.2, 0.25) is 10.0 Å². The normalized spacial score (nSPS) is 10.1. The summed E-state index contributed by atoms with van der Waals surface area (Å²) in [4.78, 5) is 7.80. The minimum atomic E-state index is 0.205.